The molecule has 8 nitrogen and oxygen atoms in total. The highest BCUT2D eigenvalue weighted by atomic mass is 19.1. The lowest BCUT2D eigenvalue weighted by Gasteiger charge is -2.37. The maximum absolute atomic E-state index is 14.3. The second-order valence-electron chi connectivity index (χ2n) is 6.30. The monoisotopic (exact) mass is 364 g/mol. The minimum Gasteiger partial charge on any atom is -0.625 e. The molecule has 0 aromatic heterocycles. The molecule has 9 heteroatoms. The summed E-state index contributed by atoms with van der Waals surface area (Å²) in [5.74, 6) is -0.881. The van der Waals surface area contributed by atoms with Crippen molar-refractivity contribution in [1.82, 2.24) is 0 Å². The van der Waals surface area contributed by atoms with E-state index in [1.165, 1.54) is 5.01 Å². The topological polar surface area (TPSA) is 101 Å². The number of anilines is 1. The third-order valence-corrected chi connectivity index (χ3v) is 4.58. The summed E-state index contributed by atoms with van der Waals surface area (Å²) >= 11 is 0. The minimum absolute atomic E-state index is 0.0115. The van der Waals surface area contributed by atoms with E-state index in [9.17, 15) is 14.7 Å². The SMILES string of the molecule is CC[N+]1([O-])CN(c2cc(O)c(C#N)cc2F)N=C1COC1CCCCO1. The third kappa shape index (κ3) is 3.64. The van der Waals surface area contributed by atoms with Gasteiger partial charge in [-0.15, -0.1) is 5.10 Å². The van der Waals surface area contributed by atoms with Gasteiger partial charge in [-0.3, -0.25) is 4.65 Å². The number of halogens is 1. The average molecular weight is 364 g/mol. The Hall–Kier alpha value is -2.25. The van der Waals surface area contributed by atoms with Gasteiger partial charge in [0.25, 0.3) is 0 Å². The van der Waals surface area contributed by atoms with E-state index in [0.29, 0.717) is 6.61 Å². The van der Waals surface area contributed by atoms with E-state index in [0.717, 1.165) is 31.4 Å². The number of hydrazone groups is 1. The highest BCUT2D eigenvalue weighted by molar-refractivity contribution is 5.80. The van der Waals surface area contributed by atoms with Gasteiger partial charge in [0, 0.05) is 12.7 Å². The second-order valence-corrected chi connectivity index (χ2v) is 6.30. The fraction of sp³-hybridized carbons (Fsp3) is 0.529. The normalized spacial score (nSPS) is 25.8. The smallest absolute Gasteiger partial charge is 0.248 e. The molecule has 1 fully saturated rings. The molecule has 2 aliphatic heterocycles. The van der Waals surface area contributed by atoms with Crippen molar-refractivity contribution in [2.45, 2.75) is 32.5 Å². The van der Waals surface area contributed by atoms with Gasteiger partial charge in [0.15, 0.2) is 13.0 Å². The molecule has 0 saturated carbocycles. The first kappa shape index (κ1) is 18.5. The van der Waals surface area contributed by atoms with E-state index < -0.39 is 10.5 Å². The van der Waals surface area contributed by atoms with Crippen molar-refractivity contribution in [3.63, 3.8) is 0 Å². The molecule has 1 aromatic carbocycles. The number of phenolic OH excluding ortho intramolecular Hbond substituents is 1. The van der Waals surface area contributed by atoms with Gasteiger partial charge in [-0.2, -0.15) is 5.26 Å². The van der Waals surface area contributed by atoms with Crippen molar-refractivity contribution in [2.75, 3.05) is 31.4 Å². The first-order valence-electron chi connectivity index (χ1n) is 8.56. The van der Waals surface area contributed by atoms with Crippen LogP contribution in [0.25, 0.3) is 0 Å². The Morgan fingerprint density at radius 1 is 1.54 bits per heavy atom. The van der Waals surface area contributed by atoms with Crippen molar-refractivity contribution < 1.29 is 23.6 Å². The van der Waals surface area contributed by atoms with E-state index in [-0.39, 0.29) is 48.9 Å². The molecule has 3 rings (SSSR count). The number of hydroxylamine groups is 3. The summed E-state index contributed by atoms with van der Waals surface area (Å²) in [4.78, 5) is 0. The van der Waals surface area contributed by atoms with Crippen LogP contribution >= 0.6 is 0 Å². The summed E-state index contributed by atoms with van der Waals surface area (Å²) < 4.78 is 24.7. The zero-order chi connectivity index (χ0) is 18.7. The molecule has 1 aromatic rings. The van der Waals surface area contributed by atoms with E-state index in [4.69, 9.17) is 14.7 Å². The van der Waals surface area contributed by atoms with Crippen molar-refractivity contribution in [3.8, 4) is 11.8 Å². The average Bonchev–Trinajstić information content (AvgIpc) is 2.99. The van der Waals surface area contributed by atoms with Crippen LogP contribution in [0.5, 0.6) is 5.75 Å². The Balaban J connectivity index is 1.80. The second kappa shape index (κ2) is 7.55. The fourth-order valence-corrected chi connectivity index (χ4v) is 2.96. The predicted octanol–water partition coefficient (Wildman–Crippen LogP) is 2.37. The van der Waals surface area contributed by atoms with E-state index in [2.05, 4.69) is 5.10 Å². The standard InChI is InChI=1S/C17H21FN4O4/c1-2-22(24)11-21(14-8-15(23)12(9-19)7-13(14)18)20-16(22)10-26-17-5-3-4-6-25-17/h7-8,17,23H,2-6,10-11H2,1H3. The van der Waals surface area contributed by atoms with Crippen LogP contribution in [-0.2, 0) is 9.47 Å². The van der Waals surface area contributed by atoms with Crippen molar-refractivity contribution in [2.24, 2.45) is 5.10 Å². The van der Waals surface area contributed by atoms with Gasteiger partial charge in [-0.1, -0.05) is 0 Å². The Kier molecular flexibility index (Phi) is 5.38. The van der Waals surface area contributed by atoms with Crippen molar-refractivity contribution >= 4 is 11.5 Å². The molecule has 140 valence electrons. The number of phenols is 1. The molecule has 2 unspecified atom stereocenters. The lowest BCUT2D eigenvalue weighted by atomic mass is 10.2. The highest BCUT2D eigenvalue weighted by Gasteiger charge is 2.36. The molecule has 1 N–H and O–H groups in total. The summed E-state index contributed by atoms with van der Waals surface area (Å²) in [6.07, 6.45) is 2.40. The van der Waals surface area contributed by atoms with Crippen LogP contribution in [0.15, 0.2) is 17.2 Å². The number of aromatic hydroxyl groups is 1. The summed E-state index contributed by atoms with van der Waals surface area (Å²) in [6, 6.07) is 3.73. The number of hydrogen-bond acceptors (Lipinski definition) is 7. The Bertz CT molecular complexity index is 745. The van der Waals surface area contributed by atoms with Crippen molar-refractivity contribution in [1.29, 1.82) is 5.26 Å². The molecule has 2 heterocycles. The zero-order valence-corrected chi connectivity index (χ0v) is 14.5. The lowest BCUT2D eigenvalue weighted by molar-refractivity contribution is -0.782. The molecular formula is C17H21FN4O4. The van der Waals surface area contributed by atoms with Crippen LogP contribution < -0.4 is 5.01 Å². The van der Waals surface area contributed by atoms with Gasteiger partial charge in [0.05, 0.1) is 12.1 Å². The molecular weight excluding hydrogens is 343 g/mol. The summed E-state index contributed by atoms with van der Waals surface area (Å²) in [5.41, 5.74) is -0.233. The summed E-state index contributed by atoms with van der Waals surface area (Å²) in [5, 5.41) is 37.1. The highest BCUT2D eigenvalue weighted by Crippen LogP contribution is 2.32. The number of quaternary nitrogens is 1. The zero-order valence-electron chi connectivity index (χ0n) is 14.5. The van der Waals surface area contributed by atoms with Gasteiger partial charge < -0.3 is 19.8 Å². The van der Waals surface area contributed by atoms with Gasteiger partial charge >= 0.3 is 0 Å². The van der Waals surface area contributed by atoms with Crippen LogP contribution in [0, 0.1) is 22.4 Å². The molecule has 2 aliphatic rings. The van der Waals surface area contributed by atoms with Gasteiger partial charge in [0.2, 0.25) is 5.84 Å². The lowest BCUT2D eigenvalue weighted by Crippen LogP contribution is -2.49. The maximum Gasteiger partial charge on any atom is 0.248 e. The van der Waals surface area contributed by atoms with E-state index in [1.807, 2.05) is 0 Å². The fourth-order valence-electron chi connectivity index (χ4n) is 2.96. The number of nitrogens with zero attached hydrogens (tertiary/aromatic N) is 4. The molecule has 26 heavy (non-hydrogen) atoms. The van der Waals surface area contributed by atoms with E-state index in [1.54, 1.807) is 13.0 Å². The van der Waals surface area contributed by atoms with Gasteiger partial charge in [-0.25, -0.2) is 9.40 Å². The summed E-state index contributed by atoms with van der Waals surface area (Å²) in [7, 11) is 0. The van der Waals surface area contributed by atoms with Gasteiger partial charge in [-0.05, 0) is 32.3 Å². The van der Waals surface area contributed by atoms with Gasteiger partial charge in [0.1, 0.15) is 29.9 Å². The number of amidine groups is 1. The molecule has 0 spiro atoms. The molecule has 0 aliphatic carbocycles. The molecule has 0 amide bonds. The molecule has 0 bridgehead atoms. The number of ether oxygens (including phenoxy) is 2. The van der Waals surface area contributed by atoms with Crippen LogP contribution in [-0.4, -0.2) is 48.3 Å². The number of likely N-dealkylation sites (N-methyl/N-ethyl adjacent to an activating group) is 1. The van der Waals surface area contributed by atoms with Crippen LogP contribution in [0.1, 0.15) is 31.7 Å². The maximum atomic E-state index is 14.3. The van der Waals surface area contributed by atoms with Crippen LogP contribution in [0.4, 0.5) is 10.1 Å². The number of nitriles is 1. The van der Waals surface area contributed by atoms with Crippen LogP contribution in [0.2, 0.25) is 0 Å². The molecule has 0 radical (unpaired) electrons. The summed E-state index contributed by atoms with van der Waals surface area (Å²) in [6.45, 7) is 2.40. The first-order chi connectivity index (χ1) is 12.5. The third-order valence-electron chi connectivity index (χ3n) is 4.58. The van der Waals surface area contributed by atoms with Crippen molar-refractivity contribution in [3.05, 3.63) is 28.7 Å². The Morgan fingerprint density at radius 3 is 3.00 bits per heavy atom. The minimum atomic E-state index is -0.771. The Labute approximate surface area is 150 Å². The predicted molar refractivity (Wildman–Crippen MR) is 91.3 cm³/mol. The van der Waals surface area contributed by atoms with Crippen LogP contribution in [0.3, 0.4) is 0 Å². The number of benzene rings is 1. The molecule has 2 atom stereocenters. The quantitative estimate of drug-likeness (QED) is 0.636. The first-order valence-corrected chi connectivity index (χ1v) is 8.56. The number of rotatable bonds is 5. The molecule has 1 saturated heterocycles. The number of hydrogen-bond donors (Lipinski definition) is 1. The van der Waals surface area contributed by atoms with E-state index >= 15 is 0 Å². The Morgan fingerprint density at radius 2 is 2.35 bits per heavy atom. The largest absolute Gasteiger partial charge is 0.625 e.